The maximum absolute atomic E-state index is 5.13. The van der Waals surface area contributed by atoms with Gasteiger partial charge in [-0.05, 0) is 42.4 Å². The van der Waals surface area contributed by atoms with Gasteiger partial charge in [0.2, 0.25) is 0 Å². The highest BCUT2D eigenvalue weighted by atomic mass is 32.2. The van der Waals surface area contributed by atoms with Crippen LogP contribution in [0.1, 0.15) is 18.4 Å². The molecule has 1 aliphatic heterocycles. The van der Waals surface area contributed by atoms with Gasteiger partial charge < -0.3 is 4.74 Å². The van der Waals surface area contributed by atoms with Crippen molar-refractivity contribution in [2.24, 2.45) is 0 Å². The molecule has 1 heterocycles. The third-order valence-electron chi connectivity index (χ3n) is 2.68. The van der Waals surface area contributed by atoms with Gasteiger partial charge in [-0.25, -0.2) is 0 Å². The monoisotopic (exact) mass is 220 g/mol. The molecule has 0 N–H and O–H groups in total. The van der Waals surface area contributed by atoms with Crippen molar-refractivity contribution in [3.05, 3.63) is 41.3 Å². The van der Waals surface area contributed by atoms with Gasteiger partial charge in [0.1, 0.15) is 5.75 Å². The van der Waals surface area contributed by atoms with E-state index in [2.05, 4.69) is 23.6 Å². The van der Waals surface area contributed by atoms with E-state index in [9.17, 15) is 0 Å². The van der Waals surface area contributed by atoms with E-state index in [0.29, 0.717) is 0 Å². The van der Waals surface area contributed by atoms with Gasteiger partial charge in [0.05, 0.1) is 7.11 Å². The third-order valence-corrected chi connectivity index (χ3v) is 3.84. The van der Waals surface area contributed by atoms with Gasteiger partial charge in [0, 0.05) is 5.25 Å². The van der Waals surface area contributed by atoms with Crippen molar-refractivity contribution in [3.8, 4) is 5.75 Å². The number of aryl methyl sites for hydroxylation is 1. The topological polar surface area (TPSA) is 9.23 Å². The smallest absolute Gasteiger partial charge is 0.118 e. The lowest BCUT2D eigenvalue weighted by atomic mass is 10.1. The van der Waals surface area contributed by atoms with Gasteiger partial charge in [-0.2, -0.15) is 0 Å². The molecule has 2 heteroatoms. The molecule has 1 unspecified atom stereocenters. The van der Waals surface area contributed by atoms with Crippen molar-refractivity contribution in [1.29, 1.82) is 0 Å². The molecule has 0 saturated carbocycles. The van der Waals surface area contributed by atoms with Gasteiger partial charge >= 0.3 is 0 Å². The molecule has 0 aromatic heterocycles. The van der Waals surface area contributed by atoms with Crippen LogP contribution >= 0.6 is 11.8 Å². The highest BCUT2D eigenvalue weighted by Crippen LogP contribution is 2.27. The molecular formula is C13H16OS. The number of thioether (sulfide) groups is 1. The summed E-state index contributed by atoms with van der Waals surface area (Å²) in [6.07, 6.45) is 5.94. The summed E-state index contributed by atoms with van der Waals surface area (Å²) in [6.45, 7) is 0. The zero-order valence-electron chi connectivity index (χ0n) is 8.98. The molecule has 0 radical (unpaired) electrons. The molecular weight excluding hydrogens is 204 g/mol. The van der Waals surface area contributed by atoms with E-state index < -0.39 is 0 Å². The summed E-state index contributed by atoms with van der Waals surface area (Å²) in [5.41, 5.74) is 1.41. The Balaban J connectivity index is 1.82. The Labute approximate surface area is 95.5 Å². The molecule has 80 valence electrons. The van der Waals surface area contributed by atoms with Crippen LogP contribution in [0.25, 0.3) is 0 Å². The first-order chi connectivity index (χ1) is 7.38. The van der Waals surface area contributed by atoms with Gasteiger partial charge in [-0.1, -0.05) is 18.2 Å². The van der Waals surface area contributed by atoms with Gasteiger partial charge in [-0.3, -0.25) is 0 Å². The molecule has 0 bridgehead atoms. The molecule has 1 aromatic carbocycles. The van der Waals surface area contributed by atoms with Gasteiger partial charge in [-0.15, -0.1) is 11.8 Å². The third kappa shape index (κ3) is 3.03. The van der Waals surface area contributed by atoms with E-state index in [1.807, 2.05) is 23.9 Å². The van der Waals surface area contributed by atoms with E-state index in [-0.39, 0.29) is 0 Å². The number of methoxy groups -OCH3 is 1. The summed E-state index contributed by atoms with van der Waals surface area (Å²) >= 11 is 1.96. The van der Waals surface area contributed by atoms with Crippen molar-refractivity contribution < 1.29 is 4.74 Å². The Morgan fingerprint density at radius 1 is 1.33 bits per heavy atom. The average Bonchev–Trinajstić information content (AvgIpc) is 2.80. The quantitative estimate of drug-likeness (QED) is 0.766. The van der Waals surface area contributed by atoms with Crippen molar-refractivity contribution in [2.45, 2.75) is 24.5 Å². The molecule has 0 spiro atoms. The van der Waals surface area contributed by atoms with E-state index in [1.54, 1.807) is 7.11 Å². The fourth-order valence-corrected chi connectivity index (χ4v) is 2.66. The fourth-order valence-electron chi connectivity index (χ4n) is 1.74. The summed E-state index contributed by atoms with van der Waals surface area (Å²) in [6, 6.07) is 8.39. The molecule has 0 aliphatic carbocycles. The molecule has 1 aromatic rings. The molecule has 0 fully saturated rings. The molecule has 15 heavy (non-hydrogen) atoms. The summed E-state index contributed by atoms with van der Waals surface area (Å²) in [4.78, 5) is 0. The Morgan fingerprint density at radius 2 is 2.13 bits per heavy atom. The molecule has 0 amide bonds. The van der Waals surface area contributed by atoms with E-state index >= 15 is 0 Å². The largest absolute Gasteiger partial charge is 0.497 e. The maximum atomic E-state index is 5.13. The highest BCUT2D eigenvalue weighted by molar-refractivity contribution is 8.03. The summed E-state index contributed by atoms with van der Waals surface area (Å²) in [5.74, 6) is 0.940. The molecule has 0 saturated heterocycles. The Bertz CT molecular complexity index is 321. The van der Waals surface area contributed by atoms with Crippen molar-refractivity contribution in [1.82, 2.24) is 0 Å². The van der Waals surface area contributed by atoms with E-state index in [4.69, 9.17) is 4.74 Å². The SMILES string of the molecule is COc1ccc(CCC2CC=CS2)cc1. The predicted octanol–water partition coefficient (Wildman–Crippen LogP) is 3.65. The number of rotatable bonds is 4. The van der Waals surface area contributed by atoms with Gasteiger partial charge in [0.25, 0.3) is 0 Å². The van der Waals surface area contributed by atoms with Crippen molar-refractivity contribution in [3.63, 3.8) is 0 Å². The standard InChI is InChI=1S/C13H16OS/c1-14-12-7-4-11(5-8-12)6-9-13-3-2-10-15-13/h2,4-5,7-8,10,13H,3,6,9H2,1H3. The van der Waals surface area contributed by atoms with Crippen LogP contribution < -0.4 is 4.74 Å². The van der Waals surface area contributed by atoms with Crippen LogP contribution in [0, 0.1) is 0 Å². The highest BCUT2D eigenvalue weighted by Gasteiger charge is 2.10. The summed E-state index contributed by atoms with van der Waals surface area (Å²) < 4.78 is 5.13. The zero-order chi connectivity index (χ0) is 10.5. The minimum Gasteiger partial charge on any atom is -0.497 e. The van der Waals surface area contributed by atoms with Crippen LogP contribution in [0.15, 0.2) is 35.7 Å². The fraction of sp³-hybridized carbons (Fsp3) is 0.385. The zero-order valence-corrected chi connectivity index (χ0v) is 9.80. The predicted molar refractivity (Wildman–Crippen MR) is 66.5 cm³/mol. The van der Waals surface area contributed by atoms with Crippen LogP contribution in [0.4, 0.5) is 0 Å². The summed E-state index contributed by atoms with van der Waals surface area (Å²) in [7, 11) is 1.70. The van der Waals surface area contributed by atoms with Crippen LogP contribution in [0.3, 0.4) is 0 Å². The second-order valence-electron chi connectivity index (χ2n) is 3.75. The first kappa shape index (κ1) is 10.6. The minimum absolute atomic E-state index is 0.798. The Morgan fingerprint density at radius 3 is 2.73 bits per heavy atom. The molecule has 2 rings (SSSR count). The van der Waals surface area contributed by atoms with Crippen LogP contribution in [0.2, 0.25) is 0 Å². The first-order valence-electron chi connectivity index (χ1n) is 5.32. The van der Waals surface area contributed by atoms with Crippen molar-refractivity contribution in [2.75, 3.05) is 7.11 Å². The average molecular weight is 220 g/mol. The number of benzene rings is 1. The van der Waals surface area contributed by atoms with E-state index in [1.165, 1.54) is 24.8 Å². The number of ether oxygens (including phenoxy) is 1. The van der Waals surface area contributed by atoms with Crippen LogP contribution in [-0.4, -0.2) is 12.4 Å². The van der Waals surface area contributed by atoms with Crippen LogP contribution in [-0.2, 0) is 6.42 Å². The van der Waals surface area contributed by atoms with Gasteiger partial charge in [0.15, 0.2) is 0 Å². The second-order valence-corrected chi connectivity index (χ2v) is 4.96. The first-order valence-corrected chi connectivity index (χ1v) is 6.26. The lowest BCUT2D eigenvalue weighted by molar-refractivity contribution is 0.414. The normalized spacial score (nSPS) is 19.4. The summed E-state index contributed by atoms with van der Waals surface area (Å²) in [5, 5.41) is 3.02. The van der Waals surface area contributed by atoms with Crippen LogP contribution in [0.5, 0.6) is 5.75 Å². The lowest BCUT2D eigenvalue weighted by Gasteiger charge is -2.08. The number of hydrogen-bond acceptors (Lipinski definition) is 2. The van der Waals surface area contributed by atoms with E-state index in [0.717, 1.165) is 11.0 Å². The maximum Gasteiger partial charge on any atom is 0.118 e. The lowest BCUT2D eigenvalue weighted by Crippen LogP contribution is -1.99. The second kappa shape index (κ2) is 5.26. The Kier molecular flexibility index (Phi) is 3.73. The molecule has 1 nitrogen and oxygen atoms in total. The number of allylic oxidation sites excluding steroid dienone is 1. The number of hydrogen-bond donors (Lipinski definition) is 0. The minimum atomic E-state index is 0.798. The Hall–Kier alpha value is -0.890. The van der Waals surface area contributed by atoms with Crippen molar-refractivity contribution >= 4 is 11.8 Å². The molecule has 1 aliphatic rings. The molecule has 1 atom stereocenters.